The van der Waals surface area contributed by atoms with Crippen LogP contribution >= 0.6 is 0 Å². The number of ether oxygens (including phenoxy) is 3. The SMILES string of the molecule is C=CC(=O)OCCCCc1cccc(C(=O)OCC2CO2)c1C(=O)O. The molecule has 25 heavy (non-hydrogen) atoms. The molecule has 0 aliphatic carbocycles. The third-order valence-electron chi connectivity index (χ3n) is 3.64. The highest BCUT2D eigenvalue weighted by Crippen LogP contribution is 2.19. The van der Waals surface area contributed by atoms with Crippen molar-refractivity contribution in [2.75, 3.05) is 19.8 Å². The van der Waals surface area contributed by atoms with Crippen molar-refractivity contribution in [1.82, 2.24) is 0 Å². The zero-order valence-electron chi connectivity index (χ0n) is 13.7. The summed E-state index contributed by atoms with van der Waals surface area (Å²) < 4.78 is 14.9. The summed E-state index contributed by atoms with van der Waals surface area (Å²) in [7, 11) is 0. The molecule has 2 rings (SSSR count). The predicted octanol–water partition coefficient (Wildman–Crippen LogP) is 1.99. The minimum Gasteiger partial charge on any atom is -0.478 e. The fourth-order valence-electron chi connectivity index (χ4n) is 2.29. The number of carbonyl (C=O) groups is 3. The topological polar surface area (TPSA) is 102 Å². The minimum absolute atomic E-state index is 0.0312. The van der Waals surface area contributed by atoms with Crippen molar-refractivity contribution in [3.63, 3.8) is 0 Å². The number of epoxide rings is 1. The minimum atomic E-state index is -1.18. The third kappa shape index (κ3) is 5.72. The number of carboxylic acid groups (broad SMARTS) is 1. The highest BCUT2D eigenvalue weighted by molar-refractivity contribution is 6.03. The quantitative estimate of drug-likeness (QED) is 0.298. The molecule has 7 heteroatoms. The Kier molecular flexibility index (Phi) is 6.71. The van der Waals surface area contributed by atoms with Crippen molar-refractivity contribution in [3.05, 3.63) is 47.5 Å². The second-order valence-corrected chi connectivity index (χ2v) is 5.53. The van der Waals surface area contributed by atoms with Crippen molar-refractivity contribution in [3.8, 4) is 0 Å². The van der Waals surface area contributed by atoms with Gasteiger partial charge in [-0.3, -0.25) is 0 Å². The fraction of sp³-hybridized carbons (Fsp3) is 0.389. The maximum atomic E-state index is 12.1. The van der Waals surface area contributed by atoms with E-state index in [1.54, 1.807) is 12.1 Å². The summed E-state index contributed by atoms with van der Waals surface area (Å²) >= 11 is 0. The normalized spacial score (nSPS) is 15.3. The lowest BCUT2D eigenvalue weighted by atomic mass is 9.97. The van der Waals surface area contributed by atoms with Gasteiger partial charge < -0.3 is 19.3 Å². The summed E-state index contributed by atoms with van der Waals surface area (Å²) in [5, 5.41) is 9.48. The molecule has 1 unspecified atom stereocenters. The molecule has 134 valence electrons. The number of aryl methyl sites for hydroxylation is 1. The third-order valence-corrected chi connectivity index (χ3v) is 3.64. The molecule has 1 aromatic carbocycles. The number of aromatic carboxylic acids is 1. The Labute approximate surface area is 145 Å². The molecule has 1 fully saturated rings. The number of unbranched alkanes of at least 4 members (excludes halogenated alkanes) is 1. The van der Waals surface area contributed by atoms with Gasteiger partial charge >= 0.3 is 17.9 Å². The second-order valence-electron chi connectivity index (χ2n) is 5.53. The molecule has 0 bridgehead atoms. The second kappa shape index (κ2) is 8.98. The standard InChI is InChI=1S/C18H20O7/c1-2-15(19)23-9-4-3-6-12-7-5-8-14(16(12)17(20)21)18(22)25-11-13-10-24-13/h2,5,7-8,13H,1,3-4,6,9-11H2,(H,20,21). The van der Waals surface area contributed by atoms with Crippen LogP contribution in [0.3, 0.4) is 0 Å². The summed E-state index contributed by atoms with van der Waals surface area (Å²) in [5.41, 5.74) is 0.524. The van der Waals surface area contributed by atoms with Gasteiger partial charge in [0.1, 0.15) is 12.7 Å². The predicted molar refractivity (Wildman–Crippen MR) is 87.5 cm³/mol. The monoisotopic (exact) mass is 348 g/mol. The van der Waals surface area contributed by atoms with E-state index >= 15 is 0 Å². The first-order valence-corrected chi connectivity index (χ1v) is 7.96. The Hall–Kier alpha value is -2.67. The van der Waals surface area contributed by atoms with Crippen LogP contribution in [0.1, 0.15) is 39.1 Å². The van der Waals surface area contributed by atoms with E-state index in [1.165, 1.54) is 6.07 Å². The highest BCUT2D eigenvalue weighted by atomic mass is 16.6. The van der Waals surface area contributed by atoms with E-state index in [0.29, 0.717) is 31.4 Å². The zero-order valence-corrected chi connectivity index (χ0v) is 13.7. The van der Waals surface area contributed by atoms with Gasteiger partial charge in [0.05, 0.1) is 24.3 Å². The Bertz CT molecular complexity index is 661. The molecule has 0 spiro atoms. The molecule has 0 radical (unpaired) electrons. The van der Waals surface area contributed by atoms with Crippen LogP contribution in [0, 0.1) is 0 Å². The van der Waals surface area contributed by atoms with Gasteiger partial charge in [0.2, 0.25) is 0 Å². The van der Waals surface area contributed by atoms with Crippen LogP contribution in [0.4, 0.5) is 0 Å². The van der Waals surface area contributed by atoms with Gasteiger partial charge in [-0.25, -0.2) is 14.4 Å². The van der Waals surface area contributed by atoms with Gasteiger partial charge in [-0.15, -0.1) is 0 Å². The first-order chi connectivity index (χ1) is 12.0. The van der Waals surface area contributed by atoms with E-state index in [0.717, 1.165) is 6.08 Å². The number of carbonyl (C=O) groups excluding carboxylic acids is 2. The van der Waals surface area contributed by atoms with Gasteiger partial charge in [0.15, 0.2) is 0 Å². The van der Waals surface area contributed by atoms with Crippen LogP contribution in [-0.2, 0) is 25.4 Å². The fourth-order valence-corrected chi connectivity index (χ4v) is 2.29. The zero-order chi connectivity index (χ0) is 18.2. The first-order valence-electron chi connectivity index (χ1n) is 7.96. The summed E-state index contributed by atoms with van der Waals surface area (Å²) in [4.78, 5) is 34.7. The lowest BCUT2D eigenvalue weighted by molar-refractivity contribution is -0.137. The van der Waals surface area contributed by atoms with Crippen LogP contribution in [0.2, 0.25) is 0 Å². The highest BCUT2D eigenvalue weighted by Gasteiger charge is 2.26. The lowest BCUT2D eigenvalue weighted by Crippen LogP contribution is -2.16. The number of esters is 2. The van der Waals surface area contributed by atoms with E-state index < -0.39 is 17.9 Å². The van der Waals surface area contributed by atoms with Crippen molar-refractivity contribution < 1.29 is 33.7 Å². The number of hydrogen-bond acceptors (Lipinski definition) is 6. The molecule has 1 aliphatic rings. The Morgan fingerprint density at radius 3 is 2.68 bits per heavy atom. The van der Waals surface area contributed by atoms with Crippen LogP contribution in [0.15, 0.2) is 30.9 Å². The van der Waals surface area contributed by atoms with Crippen molar-refractivity contribution in [2.24, 2.45) is 0 Å². The Balaban J connectivity index is 1.97. The van der Waals surface area contributed by atoms with Crippen molar-refractivity contribution in [1.29, 1.82) is 0 Å². The average molecular weight is 348 g/mol. The van der Waals surface area contributed by atoms with Crippen LogP contribution in [-0.4, -0.2) is 48.9 Å². The molecular formula is C18H20O7. The molecule has 0 aromatic heterocycles. The molecule has 7 nitrogen and oxygen atoms in total. The van der Waals surface area contributed by atoms with Gasteiger partial charge in [0, 0.05) is 6.08 Å². The lowest BCUT2D eigenvalue weighted by Gasteiger charge is -2.11. The van der Waals surface area contributed by atoms with Gasteiger partial charge in [-0.1, -0.05) is 18.7 Å². The molecule has 1 N–H and O–H groups in total. The first kappa shape index (κ1) is 18.7. The number of hydrogen-bond donors (Lipinski definition) is 1. The molecule has 0 saturated carbocycles. The average Bonchev–Trinajstić information content (AvgIpc) is 3.43. The van der Waals surface area contributed by atoms with Crippen molar-refractivity contribution >= 4 is 17.9 Å². The van der Waals surface area contributed by atoms with E-state index in [-0.39, 0.29) is 30.4 Å². The summed E-state index contributed by atoms with van der Waals surface area (Å²) in [5.74, 6) is -2.34. The maximum Gasteiger partial charge on any atom is 0.339 e. The summed E-state index contributed by atoms with van der Waals surface area (Å²) in [6, 6.07) is 4.73. The number of carboxylic acids is 1. The van der Waals surface area contributed by atoms with Crippen LogP contribution in [0.25, 0.3) is 0 Å². The molecular weight excluding hydrogens is 328 g/mol. The molecule has 0 amide bonds. The maximum absolute atomic E-state index is 12.1. The summed E-state index contributed by atoms with van der Waals surface area (Å²) in [6.45, 7) is 4.21. The smallest absolute Gasteiger partial charge is 0.339 e. The Morgan fingerprint density at radius 2 is 2.04 bits per heavy atom. The largest absolute Gasteiger partial charge is 0.478 e. The van der Waals surface area contributed by atoms with Crippen LogP contribution in [0.5, 0.6) is 0 Å². The van der Waals surface area contributed by atoms with Gasteiger partial charge in [-0.2, -0.15) is 0 Å². The number of benzene rings is 1. The number of rotatable bonds is 10. The molecule has 1 aliphatic heterocycles. The van der Waals surface area contributed by atoms with Gasteiger partial charge in [-0.05, 0) is 30.9 Å². The van der Waals surface area contributed by atoms with E-state index in [4.69, 9.17) is 14.2 Å². The van der Waals surface area contributed by atoms with E-state index in [1.807, 2.05) is 0 Å². The molecule has 1 atom stereocenters. The Morgan fingerprint density at radius 1 is 1.28 bits per heavy atom. The van der Waals surface area contributed by atoms with Gasteiger partial charge in [0.25, 0.3) is 0 Å². The van der Waals surface area contributed by atoms with Crippen LogP contribution < -0.4 is 0 Å². The molecule has 1 heterocycles. The summed E-state index contributed by atoms with van der Waals surface area (Å²) in [6.07, 6.45) is 2.63. The van der Waals surface area contributed by atoms with E-state index in [2.05, 4.69) is 6.58 Å². The molecule has 1 aromatic rings. The van der Waals surface area contributed by atoms with E-state index in [9.17, 15) is 19.5 Å². The van der Waals surface area contributed by atoms with Crippen molar-refractivity contribution in [2.45, 2.75) is 25.4 Å². The molecule has 1 saturated heterocycles.